The van der Waals surface area contributed by atoms with E-state index in [1.165, 1.54) is 18.9 Å². The molecule has 0 spiro atoms. The number of aromatic nitrogens is 4. The summed E-state index contributed by atoms with van der Waals surface area (Å²) in [6.45, 7) is 3.83. The van der Waals surface area contributed by atoms with Gasteiger partial charge in [0.25, 0.3) is 0 Å². The number of ether oxygens (including phenoxy) is 2. The highest BCUT2D eigenvalue weighted by Crippen LogP contribution is 2.57. The van der Waals surface area contributed by atoms with Gasteiger partial charge in [-0.15, -0.1) is 0 Å². The largest absolute Gasteiger partial charge is 0.468 e. The number of furan rings is 2. The number of aliphatic hydroxyl groups is 1. The van der Waals surface area contributed by atoms with Crippen molar-refractivity contribution in [3.05, 3.63) is 61.0 Å². The number of imidazole rings is 1. The molecule has 2 aliphatic rings. The van der Waals surface area contributed by atoms with Gasteiger partial charge in [-0.25, -0.2) is 15.0 Å². The number of hydrogen-bond acceptors (Lipinski definition) is 12. The van der Waals surface area contributed by atoms with Crippen molar-refractivity contribution >= 4 is 25.4 Å². The number of anilines is 1. The van der Waals surface area contributed by atoms with Crippen LogP contribution in [0.5, 0.6) is 0 Å². The lowest BCUT2D eigenvalue weighted by molar-refractivity contribution is -0.335. The van der Waals surface area contributed by atoms with Gasteiger partial charge in [-0.2, -0.15) is 0 Å². The zero-order valence-electron chi connectivity index (χ0n) is 20.1. The van der Waals surface area contributed by atoms with E-state index in [9.17, 15) is 10.00 Å². The zero-order chi connectivity index (χ0) is 25.8. The van der Waals surface area contributed by atoms with Crippen molar-refractivity contribution in [2.24, 2.45) is 0 Å². The second-order valence-corrected chi connectivity index (χ2v) is 10.8. The molecule has 6 atom stereocenters. The lowest BCUT2D eigenvalue weighted by Crippen LogP contribution is -2.74. The highest BCUT2D eigenvalue weighted by Gasteiger charge is 2.73. The second-order valence-electron chi connectivity index (χ2n) is 9.45. The van der Waals surface area contributed by atoms with Crippen LogP contribution in [0.3, 0.4) is 0 Å². The van der Waals surface area contributed by atoms with Crippen LogP contribution in [0.1, 0.15) is 37.4 Å². The molecule has 6 heterocycles. The van der Waals surface area contributed by atoms with Crippen molar-refractivity contribution in [2.45, 2.75) is 55.8 Å². The third kappa shape index (κ3) is 3.94. The Morgan fingerprint density at radius 1 is 1.22 bits per heavy atom. The summed E-state index contributed by atoms with van der Waals surface area (Å²) in [5.74, 6) is 0.810. The third-order valence-corrected chi connectivity index (χ3v) is 8.27. The molecular formula is C23H27N6O7P. The van der Waals surface area contributed by atoms with E-state index >= 15 is 0 Å². The molecule has 5 N–H and O–H groups in total. The first-order valence-corrected chi connectivity index (χ1v) is 13.0. The molecule has 2 aliphatic heterocycles. The Morgan fingerprint density at radius 2 is 2.03 bits per heavy atom. The summed E-state index contributed by atoms with van der Waals surface area (Å²) in [5.41, 5.74) is 4.50. The molecule has 4 aromatic rings. The Bertz CT molecular complexity index is 1360. The summed E-state index contributed by atoms with van der Waals surface area (Å²) in [6.07, 6.45) is 3.70. The third-order valence-electron chi connectivity index (χ3n) is 6.98. The first-order chi connectivity index (χ1) is 17.8. The van der Waals surface area contributed by atoms with E-state index < -0.39 is 43.8 Å². The molecule has 2 unspecified atom stereocenters. The van der Waals surface area contributed by atoms with Crippen molar-refractivity contribution in [1.29, 1.82) is 0 Å². The molecule has 0 saturated carbocycles. The minimum absolute atomic E-state index is 0.0954. The van der Waals surface area contributed by atoms with E-state index in [1.807, 2.05) is 6.07 Å². The van der Waals surface area contributed by atoms with Crippen molar-refractivity contribution in [1.82, 2.24) is 24.8 Å². The normalized spacial score (nSPS) is 28.2. The molecule has 0 aromatic carbocycles. The van der Waals surface area contributed by atoms with E-state index in [4.69, 9.17) is 28.6 Å². The smallest absolute Gasteiger partial charge is 0.194 e. The molecule has 37 heavy (non-hydrogen) atoms. The molecule has 0 bridgehead atoms. The molecule has 4 aromatic heterocycles. The lowest BCUT2D eigenvalue weighted by Gasteiger charge is -2.56. The summed E-state index contributed by atoms with van der Waals surface area (Å²) in [4.78, 5) is 23.6. The SMILES string of the molecule is CC1(C)O[C@H]2[C@H](n3cnc4c(N)ncnc43)O[C@H](COP(O)C(NCc3ccco3)c3ccco3)[C@@]21O. The number of nitrogens with zero attached hydrogens (tertiary/aromatic N) is 4. The van der Waals surface area contributed by atoms with E-state index in [0.717, 1.165) is 0 Å². The van der Waals surface area contributed by atoms with Crippen molar-refractivity contribution < 1.29 is 32.8 Å². The molecule has 2 saturated heterocycles. The van der Waals surface area contributed by atoms with Gasteiger partial charge in [0.15, 0.2) is 31.7 Å². The maximum Gasteiger partial charge on any atom is 0.194 e. The predicted molar refractivity (Wildman–Crippen MR) is 130 cm³/mol. The fraction of sp³-hybridized carbons (Fsp3) is 0.435. The fourth-order valence-corrected chi connectivity index (χ4v) is 6.02. The van der Waals surface area contributed by atoms with Crippen LogP contribution in [0.15, 0.2) is 58.3 Å². The predicted octanol–water partition coefficient (Wildman–Crippen LogP) is 2.21. The molecule has 13 nitrogen and oxygen atoms in total. The molecule has 6 rings (SSSR count). The number of nitrogens with two attached hydrogens (primary N) is 1. The first kappa shape index (κ1) is 24.4. The Labute approximate surface area is 212 Å². The first-order valence-electron chi connectivity index (χ1n) is 11.7. The maximum atomic E-state index is 11.8. The quantitative estimate of drug-likeness (QED) is 0.232. The molecular weight excluding hydrogens is 503 g/mol. The summed E-state index contributed by atoms with van der Waals surface area (Å²) in [6, 6.07) is 7.10. The van der Waals surface area contributed by atoms with Gasteiger partial charge in [0.05, 0.1) is 37.6 Å². The zero-order valence-corrected chi connectivity index (χ0v) is 21.0. The van der Waals surface area contributed by atoms with Crippen LogP contribution in [-0.4, -0.2) is 59.5 Å². The molecule has 0 radical (unpaired) electrons. The van der Waals surface area contributed by atoms with Gasteiger partial charge < -0.3 is 38.6 Å². The Balaban J connectivity index is 1.21. The molecule has 2 fully saturated rings. The minimum Gasteiger partial charge on any atom is -0.468 e. The second kappa shape index (κ2) is 9.14. The number of nitrogens with one attached hydrogen (secondary N) is 1. The van der Waals surface area contributed by atoms with Crippen molar-refractivity contribution in [3.8, 4) is 0 Å². The van der Waals surface area contributed by atoms with Gasteiger partial charge in [0, 0.05) is 0 Å². The van der Waals surface area contributed by atoms with Crippen LogP contribution in [-0.2, 0) is 20.5 Å². The van der Waals surface area contributed by atoms with E-state index in [2.05, 4.69) is 20.3 Å². The highest BCUT2D eigenvalue weighted by molar-refractivity contribution is 7.46. The monoisotopic (exact) mass is 530 g/mol. The van der Waals surface area contributed by atoms with Gasteiger partial charge in [-0.1, -0.05) is 0 Å². The van der Waals surface area contributed by atoms with E-state index in [1.54, 1.807) is 42.9 Å². The van der Waals surface area contributed by atoms with Crippen LogP contribution in [0.25, 0.3) is 11.2 Å². The van der Waals surface area contributed by atoms with Gasteiger partial charge >= 0.3 is 0 Å². The van der Waals surface area contributed by atoms with Gasteiger partial charge in [-0.3, -0.25) is 9.88 Å². The Hall–Kier alpha value is -2.90. The lowest BCUT2D eigenvalue weighted by atomic mass is 9.72. The van der Waals surface area contributed by atoms with E-state index in [0.29, 0.717) is 29.2 Å². The standard InChI is InChI=1S/C23H27N6O7P/c1-22(2)23(30)15(35-21(17(23)36-22)29-12-28-16-18(24)26-11-27-19(16)29)10-34-37(31)20(14-6-4-8-33-14)25-9-13-5-3-7-32-13/h3-8,11-12,15,17,20-21,25,30-31H,9-10H2,1-2H3,(H2,24,26,27)/t15-,17+,20?,21-,23-,37?/m1/s1. The number of hydrogen-bond donors (Lipinski definition) is 4. The summed E-state index contributed by atoms with van der Waals surface area (Å²) < 4.78 is 30.8. The van der Waals surface area contributed by atoms with Gasteiger partial charge in [0.1, 0.15) is 41.4 Å². The highest BCUT2D eigenvalue weighted by atomic mass is 31.2. The van der Waals surface area contributed by atoms with Crippen LogP contribution >= 0.6 is 8.38 Å². The molecule has 14 heteroatoms. The molecule has 0 amide bonds. The Kier molecular flexibility index (Phi) is 6.03. The van der Waals surface area contributed by atoms with Crippen LogP contribution < -0.4 is 11.1 Å². The summed E-state index contributed by atoms with van der Waals surface area (Å²) in [5, 5.41) is 15.0. The van der Waals surface area contributed by atoms with Crippen LogP contribution in [0.4, 0.5) is 5.82 Å². The van der Waals surface area contributed by atoms with Gasteiger partial charge in [0.2, 0.25) is 0 Å². The molecule has 0 aliphatic carbocycles. The number of rotatable bonds is 9. The number of fused-ring (bicyclic) bond motifs is 2. The summed E-state index contributed by atoms with van der Waals surface area (Å²) in [7, 11) is -2.08. The van der Waals surface area contributed by atoms with Crippen LogP contribution in [0.2, 0.25) is 0 Å². The maximum absolute atomic E-state index is 11.8. The fourth-order valence-electron chi connectivity index (χ4n) is 4.97. The van der Waals surface area contributed by atoms with Crippen molar-refractivity contribution in [3.63, 3.8) is 0 Å². The topological polar surface area (TPSA) is 176 Å². The average Bonchev–Trinajstić information content (AvgIpc) is 3.67. The van der Waals surface area contributed by atoms with Gasteiger partial charge in [-0.05, 0) is 38.1 Å². The summed E-state index contributed by atoms with van der Waals surface area (Å²) >= 11 is 0. The van der Waals surface area contributed by atoms with E-state index in [-0.39, 0.29) is 12.4 Å². The molecule has 196 valence electrons. The average molecular weight is 530 g/mol. The Morgan fingerprint density at radius 3 is 2.76 bits per heavy atom. The van der Waals surface area contributed by atoms with Crippen LogP contribution in [0, 0.1) is 0 Å². The van der Waals surface area contributed by atoms with Crippen molar-refractivity contribution in [2.75, 3.05) is 12.3 Å². The number of nitrogen functional groups attached to an aromatic ring is 1. The minimum atomic E-state index is -2.08.